The quantitative estimate of drug-likeness (QED) is 0.818. The number of benzene rings is 2. The summed E-state index contributed by atoms with van der Waals surface area (Å²) < 4.78 is 12.0. The Labute approximate surface area is 154 Å². The summed E-state index contributed by atoms with van der Waals surface area (Å²) in [5.41, 5.74) is 1.75. The fraction of sp³-hybridized carbons (Fsp3) is 0.278. The van der Waals surface area contributed by atoms with Gasteiger partial charge in [-0.3, -0.25) is 4.79 Å². The Bertz CT molecular complexity index is 766. The fourth-order valence-electron chi connectivity index (χ4n) is 2.60. The second-order valence-corrected chi connectivity index (χ2v) is 6.84. The van der Waals surface area contributed by atoms with Gasteiger partial charge in [-0.1, -0.05) is 45.7 Å². The van der Waals surface area contributed by atoms with Gasteiger partial charge in [0.25, 0.3) is 0 Å². The van der Waals surface area contributed by atoms with Crippen molar-refractivity contribution in [3.8, 4) is 11.5 Å². The van der Waals surface area contributed by atoms with Crippen LogP contribution in [0.15, 0.2) is 40.9 Å². The van der Waals surface area contributed by atoms with Crippen molar-refractivity contribution in [2.24, 2.45) is 0 Å². The van der Waals surface area contributed by atoms with Gasteiger partial charge in [-0.2, -0.15) is 0 Å². The summed E-state index contributed by atoms with van der Waals surface area (Å²) in [6, 6.07) is 11.0. The molecule has 1 aliphatic heterocycles. The molecule has 24 heavy (non-hydrogen) atoms. The van der Waals surface area contributed by atoms with Crippen LogP contribution in [0.4, 0.5) is 0 Å². The highest BCUT2D eigenvalue weighted by atomic mass is 79.9. The van der Waals surface area contributed by atoms with E-state index in [0.29, 0.717) is 29.7 Å². The Balaban J connectivity index is 1.71. The molecule has 1 N–H and O–H groups in total. The molecule has 0 bridgehead atoms. The summed E-state index contributed by atoms with van der Waals surface area (Å²) in [4.78, 5) is 12.3. The third-order valence-electron chi connectivity index (χ3n) is 3.81. The molecule has 0 radical (unpaired) electrons. The first-order valence-electron chi connectivity index (χ1n) is 7.66. The minimum atomic E-state index is -0.176. The van der Waals surface area contributed by atoms with E-state index in [4.69, 9.17) is 21.1 Å². The van der Waals surface area contributed by atoms with Crippen LogP contribution in [-0.4, -0.2) is 19.1 Å². The number of rotatable bonds is 4. The largest absolute Gasteiger partial charge is 0.486 e. The zero-order valence-electron chi connectivity index (χ0n) is 13.1. The van der Waals surface area contributed by atoms with E-state index >= 15 is 0 Å². The van der Waals surface area contributed by atoms with Gasteiger partial charge >= 0.3 is 0 Å². The Kier molecular flexibility index (Phi) is 5.31. The highest BCUT2D eigenvalue weighted by Gasteiger charge is 2.19. The highest BCUT2D eigenvalue weighted by molar-refractivity contribution is 9.10. The molecule has 1 atom stereocenters. The van der Waals surface area contributed by atoms with Crippen molar-refractivity contribution >= 4 is 33.4 Å². The lowest BCUT2D eigenvalue weighted by molar-refractivity contribution is -0.121. The van der Waals surface area contributed by atoms with Crippen molar-refractivity contribution < 1.29 is 14.3 Å². The highest BCUT2D eigenvalue weighted by Crippen LogP contribution is 2.37. The molecule has 1 heterocycles. The van der Waals surface area contributed by atoms with E-state index in [2.05, 4.69) is 21.2 Å². The SMILES string of the molecule is CC(NC(=O)Cc1ccccc1Cl)c1cc2c(cc1Br)OCCO2. The number of carbonyl (C=O) groups excluding carboxylic acids is 1. The van der Waals surface area contributed by atoms with Crippen LogP contribution in [0.3, 0.4) is 0 Å². The number of amides is 1. The van der Waals surface area contributed by atoms with Crippen molar-refractivity contribution in [2.45, 2.75) is 19.4 Å². The second-order valence-electron chi connectivity index (χ2n) is 5.57. The van der Waals surface area contributed by atoms with Gasteiger partial charge in [-0.05, 0) is 36.2 Å². The number of hydrogen-bond donors (Lipinski definition) is 1. The van der Waals surface area contributed by atoms with E-state index in [-0.39, 0.29) is 18.4 Å². The van der Waals surface area contributed by atoms with Crippen LogP contribution in [0.1, 0.15) is 24.1 Å². The molecular formula is C18H17BrClNO3. The maximum atomic E-state index is 12.3. The fourth-order valence-corrected chi connectivity index (χ4v) is 3.46. The predicted molar refractivity (Wildman–Crippen MR) is 96.8 cm³/mol. The first-order chi connectivity index (χ1) is 11.5. The number of carbonyl (C=O) groups is 1. The van der Waals surface area contributed by atoms with Crippen molar-refractivity contribution in [3.05, 3.63) is 57.0 Å². The van der Waals surface area contributed by atoms with Crippen molar-refractivity contribution in [1.82, 2.24) is 5.32 Å². The smallest absolute Gasteiger partial charge is 0.224 e. The standard InChI is InChI=1S/C18H17BrClNO3/c1-11(21-18(22)8-12-4-2-3-5-15(12)20)13-9-16-17(10-14(13)19)24-7-6-23-16/h2-5,9-11H,6-8H2,1H3,(H,21,22). The summed E-state index contributed by atoms with van der Waals surface area (Å²) in [6.45, 7) is 3.00. The lowest BCUT2D eigenvalue weighted by Gasteiger charge is -2.22. The Morgan fingerprint density at radius 2 is 1.92 bits per heavy atom. The third kappa shape index (κ3) is 3.84. The summed E-state index contributed by atoms with van der Waals surface area (Å²) in [7, 11) is 0. The van der Waals surface area contributed by atoms with Crippen molar-refractivity contribution in [1.29, 1.82) is 0 Å². The van der Waals surface area contributed by atoms with Gasteiger partial charge in [0.15, 0.2) is 11.5 Å². The van der Waals surface area contributed by atoms with Crippen LogP contribution >= 0.6 is 27.5 Å². The predicted octanol–water partition coefficient (Wildman–Crippen LogP) is 4.29. The molecule has 2 aromatic rings. The van der Waals surface area contributed by atoms with E-state index in [1.54, 1.807) is 6.07 Å². The molecule has 0 saturated carbocycles. The normalized spacial score (nSPS) is 14.1. The minimum absolute atomic E-state index is 0.0858. The third-order valence-corrected chi connectivity index (χ3v) is 4.87. The molecule has 1 aliphatic rings. The molecule has 0 aliphatic carbocycles. The molecule has 0 fully saturated rings. The van der Waals surface area contributed by atoms with Crippen LogP contribution in [0.2, 0.25) is 5.02 Å². The van der Waals surface area contributed by atoms with Gasteiger partial charge in [0.1, 0.15) is 13.2 Å². The van der Waals surface area contributed by atoms with Gasteiger partial charge in [0, 0.05) is 9.50 Å². The summed E-state index contributed by atoms with van der Waals surface area (Å²) in [5.74, 6) is 1.33. The maximum absolute atomic E-state index is 12.3. The van der Waals surface area contributed by atoms with E-state index in [1.807, 2.05) is 37.3 Å². The molecule has 0 saturated heterocycles. The van der Waals surface area contributed by atoms with Crippen LogP contribution < -0.4 is 14.8 Å². The zero-order chi connectivity index (χ0) is 17.1. The average molecular weight is 411 g/mol. The first-order valence-corrected chi connectivity index (χ1v) is 8.83. The van der Waals surface area contributed by atoms with Crippen LogP contribution in [0, 0.1) is 0 Å². The lowest BCUT2D eigenvalue weighted by atomic mass is 10.1. The van der Waals surface area contributed by atoms with Crippen LogP contribution in [-0.2, 0) is 11.2 Å². The molecule has 126 valence electrons. The molecular weight excluding hydrogens is 394 g/mol. The van der Waals surface area contributed by atoms with Gasteiger partial charge in [0.05, 0.1) is 12.5 Å². The molecule has 0 spiro atoms. The van der Waals surface area contributed by atoms with Crippen LogP contribution in [0.25, 0.3) is 0 Å². The first kappa shape index (κ1) is 17.1. The molecule has 1 amide bonds. The Hall–Kier alpha value is -1.72. The summed E-state index contributed by atoms with van der Waals surface area (Å²) in [5, 5.41) is 3.59. The average Bonchev–Trinajstić information content (AvgIpc) is 2.56. The van der Waals surface area contributed by atoms with Crippen molar-refractivity contribution in [3.63, 3.8) is 0 Å². The van der Waals surface area contributed by atoms with E-state index in [9.17, 15) is 4.79 Å². The minimum Gasteiger partial charge on any atom is -0.486 e. The summed E-state index contributed by atoms with van der Waals surface area (Å²) in [6.07, 6.45) is 0.242. The number of halogens is 2. The van der Waals surface area contributed by atoms with Gasteiger partial charge < -0.3 is 14.8 Å². The van der Waals surface area contributed by atoms with Crippen LogP contribution in [0.5, 0.6) is 11.5 Å². The van der Waals surface area contributed by atoms with Gasteiger partial charge in [-0.15, -0.1) is 0 Å². The zero-order valence-corrected chi connectivity index (χ0v) is 15.5. The molecule has 2 aromatic carbocycles. The Morgan fingerprint density at radius 3 is 2.62 bits per heavy atom. The van der Waals surface area contributed by atoms with Crippen molar-refractivity contribution in [2.75, 3.05) is 13.2 Å². The van der Waals surface area contributed by atoms with Gasteiger partial charge in [-0.25, -0.2) is 0 Å². The molecule has 4 nitrogen and oxygen atoms in total. The monoisotopic (exact) mass is 409 g/mol. The summed E-state index contributed by atoms with van der Waals surface area (Å²) >= 11 is 9.64. The lowest BCUT2D eigenvalue weighted by Crippen LogP contribution is -2.28. The molecule has 1 unspecified atom stereocenters. The second kappa shape index (κ2) is 7.45. The maximum Gasteiger partial charge on any atom is 0.224 e. The number of nitrogens with one attached hydrogen (secondary N) is 1. The molecule has 0 aromatic heterocycles. The molecule has 6 heteroatoms. The number of hydrogen-bond acceptors (Lipinski definition) is 3. The Morgan fingerprint density at radius 1 is 1.25 bits per heavy atom. The van der Waals surface area contributed by atoms with Gasteiger partial charge in [0.2, 0.25) is 5.91 Å². The molecule has 3 rings (SSSR count). The van der Waals surface area contributed by atoms with E-state index < -0.39 is 0 Å². The topological polar surface area (TPSA) is 47.6 Å². The van der Waals surface area contributed by atoms with E-state index in [0.717, 1.165) is 15.6 Å². The number of fused-ring (bicyclic) bond motifs is 1. The number of ether oxygens (including phenoxy) is 2. The van der Waals surface area contributed by atoms with E-state index in [1.165, 1.54) is 0 Å².